The molecule has 1 fully saturated rings. The molecule has 1 saturated heterocycles. The molecule has 0 aliphatic carbocycles. The fourth-order valence-corrected chi connectivity index (χ4v) is 4.37. The summed E-state index contributed by atoms with van der Waals surface area (Å²) in [5.74, 6) is -1.13. The van der Waals surface area contributed by atoms with Gasteiger partial charge >= 0.3 is 11.9 Å². The number of amides is 1. The molecule has 3 rings (SSSR count). The van der Waals surface area contributed by atoms with E-state index in [1.165, 1.54) is 0 Å². The molecule has 0 aromatic heterocycles. The molecule has 0 bridgehead atoms. The first-order chi connectivity index (χ1) is 15.5. The number of carbonyl (C=O) groups is 1. The van der Waals surface area contributed by atoms with Crippen LogP contribution >= 0.6 is 0 Å². The molecular formula is C19H18F3N3O7S. The summed E-state index contributed by atoms with van der Waals surface area (Å²) < 4.78 is 74.6. The van der Waals surface area contributed by atoms with Gasteiger partial charge in [-0.05, 0) is 36.4 Å². The molecule has 1 aliphatic rings. The minimum Gasteiger partial charge on any atom is -0.477 e. The fourth-order valence-electron chi connectivity index (χ4n) is 2.94. The molecular weight excluding hydrogens is 471 g/mol. The molecule has 178 valence electrons. The number of nitrogens with one attached hydrogen (secondary N) is 1. The number of halogens is 3. The number of nitro groups is 1. The highest BCUT2D eigenvalue weighted by molar-refractivity contribution is 7.89. The Labute approximate surface area is 186 Å². The normalized spacial score (nSPS) is 15.1. The van der Waals surface area contributed by atoms with Crippen LogP contribution in [0, 0.1) is 10.1 Å². The summed E-state index contributed by atoms with van der Waals surface area (Å²) in [6.07, 6.45) is -4.52. The molecule has 1 N–H and O–H groups in total. The zero-order valence-corrected chi connectivity index (χ0v) is 17.7. The smallest absolute Gasteiger partial charge is 0.416 e. The van der Waals surface area contributed by atoms with Gasteiger partial charge in [-0.3, -0.25) is 14.9 Å². The lowest BCUT2D eigenvalue weighted by atomic mass is 10.2. The predicted molar refractivity (Wildman–Crippen MR) is 108 cm³/mol. The van der Waals surface area contributed by atoms with Gasteiger partial charge in [-0.25, -0.2) is 8.42 Å². The number of sulfonamides is 1. The van der Waals surface area contributed by atoms with Crippen molar-refractivity contribution in [2.45, 2.75) is 11.1 Å². The number of ether oxygens (including phenoxy) is 2. The van der Waals surface area contributed by atoms with E-state index in [1.807, 2.05) is 0 Å². The van der Waals surface area contributed by atoms with E-state index in [1.54, 1.807) is 0 Å². The number of rotatable bonds is 7. The highest BCUT2D eigenvalue weighted by atomic mass is 32.2. The van der Waals surface area contributed by atoms with E-state index in [9.17, 15) is 36.5 Å². The summed E-state index contributed by atoms with van der Waals surface area (Å²) >= 11 is 0. The van der Waals surface area contributed by atoms with Crippen LogP contribution in [0.1, 0.15) is 5.56 Å². The summed E-state index contributed by atoms with van der Waals surface area (Å²) in [7, 11) is -3.99. The molecule has 2 aromatic carbocycles. The lowest BCUT2D eigenvalue weighted by Gasteiger charge is -2.26. The van der Waals surface area contributed by atoms with Gasteiger partial charge in [0.2, 0.25) is 10.0 Å². The lowest BCUT2D eigenvalue weighted by Crippen LogP contribution is -2.40. The van der Waals surface area contributed by atoms with Gasteiger partial charge in [-0.15, -0.1) is 0 Å². The van der Waals surface area contributed by atoms with Crippen LogP contribution in [-0.2, 0) is 25.7 Å². The largest absolute Gasteiger partial charge is 0.477 e. The third kappa shape index (κ3) is 5.97. The fraction of sp³-hybridized carbons (Fsp3) is 0.316. The maximum Gasteiger partial charge on any atom is 0.416 e. The Balaban J connectivity index is 1.69. The van der Waals surface area contributed by atoms with Gasteiger partial charge < -0.3 is 14.8 Å². The summed E-state index contributed by atoms with van der Waals surface area (Å²) in [6, 6.07) is 6.71. The molecule has 1 heterocycles. The van der Waals surface area contributed by atoms with Crippen molar-refractivity contribution < 1.29 is 40.8 Å². The van der Waals surface area contributed by atoms with Crippen molar-refractivity contribution >= 4 is 27.3 Å². The Morgan fingerprint density at radius 3 is 2.36 bits per heavy atom. The van der Waals surface area contributed by atoms with Crippen molar-refractivity contribution in [3.05, 3.63) is 58.1 Å². The summed E-state index contributed by atoms with van der Waals surface area (Å²) in [5, 5.41) is 13.7. The van der Waals surface area contributed by atoms with Crippen LogP contribution in [0.2, 0.25) is 0 Å². The van der Waals surface area contributed by atoms with Gasteiger partial charge in [-0.2, -0.15) is 17.5 Å². The number of alkyl halides is 3. The van der Waals surface area contributed by atoms with E-state index < -0.39 is 44.9 Å². The van der Waals surface area contributed by atoms with E-state index in [-0.39, 0.29) is 42.6 Å². The number of anilines is 1. The first-order valence-corrected chi connectivity index (χ1v) is 10.9. The molecule has 0 saturated carbocycles. The summed E-state index contributed by atoms with van der Waals surface area (Å²) in [5.41, 5.74) is -1.48. The molecule has 0 radical (unpaired) electrons. The van der Waals surface area contributed by atoms with Crippen molar-refractivity contribution in [2.24, 2.45) is 0 Å². The zero-order valence-electron chi connectivity index (χ0n) is 16.9. The first kappa shape index (κ1) is 24.4. The summed E-state index contributed by atoms with van der Waals surface area (Å²) in [6.45, 7) is -0.0679. The van der Waals surface area contributed by atoms with Gasteiger partial charge in [-0.1, -0.05) is 0 Å². The molecule has 1 aliphatic heterocycles. The van der Waals surface area contributed by atoms with Gasteiger partial charge in [0.25, 0.3) is 5.91 Å². The second-order valence-corrected chi connectivity index (χ2v) is 8.75. The van der Waals surface area contributed by atoms with Crippen molar-refractivity contribution in [2.75, 3.05) is 38.2 Å². The maximum absolute atomic E-state index is 12.7. The Bertz CT molecular complexity index is 1130. The minimum atomic E-state index is -4.52. The van der Waals surface area contributed by atoms with Crippen LogP contribution in [0.3, 0.4) is 0 Å². The molecule has 0 unspecified atom stereocenters. The SMILES string of the molecule is O=C(COc1ccc(S(=O)(=O)N2CCOCC2)cc1[N+](=O)[O-])Nc1ccc(C(F)(F)F)cc1. The molecule has 1 amide bonds. The molecule has 0 spiro atoms. The summed E-state index contributed by atoms with van der Waals surface area (Å²) in [4.78, 5) is 22.3. The maximum atomic E-state index is 12.7. The minimum absolute atomic E-state index is 0.0676. The van der Waals surface area contributed by atoms with Crippen LogP contribution in [-0.4, -0.2) is 56.5 Å². The van der Waals surface area contributed by atoms with Crippen LogP contribution in [0.5, 0.6) is 5.75 Å². The second-order valence-electron chi connectivity index (χ2n) is 6.82. The Hall–Kier alpha value is -3.23. The van der Waals surface area contributed by atoms with E-state index in [0.717, 1.165) is 46.8 Å². The third-order valence-corrected chi connectivity index (χ3v) is 6.48. The molecule has 10 nitrogen and oxygen atoms in total. The third-order valence-electron chi connectivity index (χ3n) is 4.59. The van der Waals surface area contributed by atoms with Crippen molar-refractivity contribution in [3.63, 3.8) is 0 Å². The van der Waals surface area contributed by atoms with Gasteiger partial charge in [0, 0.05) is 24.8 Å². The second kappa shape index (κ2) is 9.72. The van der Waals surface area contributed by atoms with Gasteiger partial charge in [0.1, 0.15) is 0 Å². The molecule has 14 heteroatoms. The van der Waals surface area contributed by atoms with Crippen LogP contribution in [0.25, 0.3) is 0 Å². The number of nitro benzene ring substituents is 1. The average molecular weight is 489 g/mol. The van der Waals surface area contributed by atoms with Crippen molar-refractivity contribution in [1.82, 2.24) is 4.31 Å². The monoisotopic (exact) mass is 489 g/mol. The first-order valence-electron chi connectivity index (χ1n) is 9.45. The van der Waals surface area contributed by atoms with Gasteiger partial charge in [0.15, 0.2) is 12.4 Å². The highest BCUT2D eigenvalue weighted by Crippen LogP contribution is 2.32. The quantitative estimate of drug-likeness (QED) is 0.468. The van der Waals surface area contributed by atoms with E-state index in [2.05, 4.69) is 5.32 Å². The van der Waals surface area contributed by atoms with Crippen LogP contribution < -0.4 is 10.1 Å². The topological polar surface area (TPSA) is 128 Å². The molecule has 0 atom stereocenters. The number of morpholine rings is 1. The number of nitrogens with zero attached hydrogens (tertiary/aromatic N) is 2. The lowest BCUT2D eigenvalue weighted by molar-refractivity contribution is -0.386. The molecule has 33 heavy (non-hydrogen) atoms. The predicted octanol–water partition coefficient (Wildman–Crippen LogP) is 2.65. The number of hydrogen-bond donors (Lipinski definition) is 1. The molecule has 2 aromatic rings. The Morgan fingerprint density at radius 1 is 1.15 bits per heavy atom. The van der Waals surface area contributed by atoms with E-state index in [4.69, 9.17) is 9.47 Å². The van der Waals surface area contributed by atoms with Gasteiger partial charge in [0.05, 0.1) is 28.6 Å². The number of carbonyl (C=O) groups excluding carboxylic acids is 1. The average Bonchev–Trinajstić information content (AvgIpc) is 2.78. The zero-order chi connectivity index (χ0) is 24.2. The van der Waals surface area contributed by atoms with E-state index >= 15 is 0 Å². The highest BCUT2D eigenvalue weighted by Gasteiger charge is 2.31. The standard InChI is InChI=1S/C19H18F3N3O7S/c20-19(21,22)13-1-3-14(4-2-13)23-18(26)12-32-17-6-5-15(11-16(17)25(27)28)33(29,30)24-7-9-31-10-8-24/h1-6,11H,7-10,12H2,(H,23,26). The Kier molecular flexibility index (Phi) is 7.19. The van der Waals surface area contributed by atoms with E-state index in [0.29, 0.717) is 0 Å². The van der Waals surface area contributed by atoms with Crippen LogP contribution in [0.4, 0.5) is 24.5 Å². The number of benzene rings is 2. The van der Waals surface area contributed by atoms with Crippen molar-refractivity contribution in [1.29, 1.82) is 0 Å². The Morgan fingerprint density at radius 2 is 1.79 bits per heavy atom. The number of hydrogen-bond acceptors (Lipinski definition) is 7. The van der Waals surface area contributed by atoms with Crippen molar-refractivity contribution in [3.8, 4) is 5.75 Å². The van der Waals surface area contributed by atoms with Crippen LogP contribution in [0.15, 0.2) is 47.4 Å².